The highest BCUT2D eigenvalue weighted by atomic mass is 16.5. The largest absolute Gasteiger partial charge is 0.388 e. The van der Waals surface area contributed by atoms with E-state index in [1.165, 1.54) is 0 Å². The summed E-state index contributed by atoms with van der Waals surface area (Å²) in [5, 5.41) is 25.5. The first-order valence-corrected chi connectivity index (χ1v) is 8.19. The highest BCUT2D eigenvalue weighted by Gasteiger charge is 2.43. The van der Waals surface area contributed by atoms with Gasteiger partial charge in [-0.25, -0.2) is 0 Å². The van der Waals surface area contributed by atoms with E-state index in [0.29, 0.717) is 5.69 Å². The minimum absolute atomic E-state index is 0.0504. The van der Waals surface area contributed by atoms with Gasteiger partial charge >= 0.3 is 0 Å². The number of rotatable bonds is 6. The van der Waals surface area contributed by atoms with Crippen molar-refractivity contribution in [1.82, 2.24) is 5.32 Å². The standard InChI is InChI=1S/C17H22N2O5/c20-14(19-11-4-2-1-3-5-11)8-12-15(21)16(22)13(24-12)9-18-17(23)10-6-7-10/h1-5,10,12-13,15-16,21-22H,6-9H2,(H,18,23)(H,19,20)/t12-,13+,15-,16+/m0/s1. The van der Waals surface area contributed by atoms with Crippen molar-refractivity contribution in [2.75, 3.05) is 11.9 Å². The molecule has 0 spiro atoms. The molecule has 0 aromatic heterocycles. The number of ether oxygens (including phenoxy) is 1. The van der Waals surface area contributed by atoms with Crippen LogP contribution in [0, 0.1) is 5.92 Å². The summed E-state index contributed by atoms with van der Waals surface area (Å²) in [7, 11) is 0. The normalized spacial score (nSPS) is 29.2. The summed E-state index contributed by atoms with van der Waals surface area (Å²) in [6.07, 6.45) is -2.08. The fraction of sp³-hybridized carbons (Fsp3) is 0.529. The molecule has 0 unspecified atom stereocenters. The fourth-order valence-corrected chi connectivity index (χ4v) is 2.77. The zero-order valence-electron chi connectivity index (χ0n) is 13.2. The van der Waals surface area contributed by atoms with E-state index in [2.05, 4.69) is 10.6 Å². The number of carbonyl (C=O) groups excluding carboxylic acids is 2. The first kappa shape index (κ1) is 16.9. The van der Waals surface area contributed by atoms with Crippen LogP contribution in [-0.2, 0) is 14.3 Å². The minimum Gasteiger partial charge on any atom is -0.388 e. The third kappa shape index (κ3) is 4.11. The highest BCUT2D eigenvalue weighted by Crippen LogP contribution is 2.29. The summed E-state index contributed by atoms with van der Waals surface area (Å²) in [5.74, 6) is -0.286. The van der Waals surface area contributed by atoms with Crippen LogP contribution in [0.1, 0.15) is 19.3 Å². The number of benzene rings is 1. The van der Waals surface area contributed by atoms with Crippen LogP contribution in [0.2, 0.25) is 0 Å². The van der Waals surface area contributed by atoms with Gasteiger partial charge in [0, 0.05) is 18.2 Å². The van der Waals surface area contributed by atoms with E-state index in [0.717, 1.165) is 12.8 Å². The van der Waals surface area contributed by atoms with Crippen molar-refractivity contribution in [1.29, 1.82) is 0 Å². The molecule has 1 aliphatic carbocycles. The molecule has 130 valence electrons. The van der Waals surface area contributed by atoms with Crippen molar-refractivity contribution in [3.05, 3.63) is 30.3 Å². The van der Waals surface area contributed by atoms with Crippen LogP contribution in [0.15, 0.2) is 30.3 Å². The van der Waals surface area contributed by atoms with E-state index < -0.39 is 24.4 Å². The molecular weight excluding hydrogens is 312 g/mol. The fourth-order valence-electron chi connectivity index (χ4n) is 2.77. The second-order valence-electron chi connectivity index (χ2n) is 6.33. The van der Waals surface area contributed by atoms with Gasteiger partial charge in [-0.05, 0) is 25.0 Å². The van der Waals surface area contributed by atoms with Gasteiger partial charge in [-0.1, -0.05) is 18.2 Å². The van der Waals surface area contributed by atoms with Crippen LogP contribution in [0.3, 0.4) is 0 Å². The molecule has 4 N–H and O–H groups in total. The molecule has 1 aliphatic heterocycles. The maximum absolute atomic E-state index is 12.0. The molecule has 24 heavy (non-hydrogen) atoms. The number of amides is 2. The average Bonchev–Trinajstić information content (AvgIpc) is 3.38. The molecule has 4 atom stereocenters. The zero-order chi connectivity index (χ0) is 17.1. The lowest BCUT2D eigenvalue weighted by molar-refractivity contribution is -0.124. The number of aliphatic hydroxyl groups is 2. The van der Waals surface area contributed by atoms with Gasteiger partial charge in [0.1, 0.15) is 18.3 Å². The van der Waals surface area contributed by atoms with Gasteiger partial charge in [0.25, 0.3) is 0 Å². The number of hydrogen-bond donors (Lipinski definition) is 4. The molecule has 2 amide bonds. The van der Waals surface area contributed by atoms with Crippen molar-refractivity contribution >= 4 is 17.5 Å². The summed E-state index contributed by atoms with van der Waals surface area (Å²) in [4.78, 5) is 23.7. The second kappa shape index (κ2) is 7.29. The Labute approximate surface area is 140 Å². The van der Waals surface area contributed by atoms with Gasteiger partial charge in [-0.2, -0.15) is 0 Å². The van der Waals surface area contributed by atoms with E-state index in [1.807, 2.05) is 6.07 Å². The Hall–Kier alpha value is -1.96. The first-order valence-electron chi connectivity index (χ1n) is 8.19. The molecular formula is C17H22N2O5. The van der Waals surface area contributed by atoms with Gasteiger partial charge in [-0.15, -0.1) is 0 Å². The summed E-state index contributed by atoms with van der Waals surface area (Å²) >= 11 is 0. The van der Waals surface area contributed by atoms with Crippen molar-refractivity contribution in [3.63, 3.8) is 0 Å². The monoisotopic (exact) mass is 334 g/mol. The number of para-hydroxylation sites is 1. The van der Waals surface area contributed by atoms with Crippen LogP contribution in [0.5, 0.6) is 0 Å². The van der Waals surface area contributed by atoms with Crippen LogP contribution in [-0.4, -0.2) is 53.0 Å². The van der Waals surface area contributed by atoms with Crippen molar-refractivity contribution in [2.24, 2.45) is 5.92 Å². The SMILES string of the molecule is O=C(C[C@@H]1O[C@H](CNC(=O)C2CC2)[C@@H](O)[C@H]1O)Nc1ccccc1. The van der Waals surface area contributed by atoms with Crippen LogP contribution < -0.4 is 10.6 Å². The number of anilines is 1. The molecule has 2 fully saturated rings. The maximum atomic E-state index is 12.0. The number of nitrogens with one attached hydrogen (secondary N) is 2. The van der Waals surface area contributed by atoms with E-state index >= 15 is 0 Å². The van der Waals surface area contributed by atoms with Gasteiger partial charge in [0.05, 0.1) is 12.5 Å². The molecule has 1 heterocycles. The molecule has 3 rings (SSSR count). The first-order chi connectivity index (χ1) is 11.5. The average molecular weight is 334 g/mol. The third-order valence-corrected chi connectivity index (χ3v) is 4.33. The summed E-state index contributed by atoms with van der Waals surface area (Å²) in [6.45, 7) is 0.129. The lowest BCUT2D eigenvalue weighted by Crippen LogP contribution is -2.40. The van der Waals surface area contributed by atoms with Crippen LogP contribution >= 0.6 is 0 Å². The highest BCUT2D eigenvalue weighted by molar-refractivity contribution is 5.91. The van der Waals surface area contributed by atoms with E-state index in [1.54, 1.807) is 24.3 Å². The van der Waals surface area contributed by atoms with Gasteiger partial charge in [0.2, 0.25) is 11.8 Å². The topological polar surface area (TPSA) is 108 Å². The molecule has 1 aromatic carbocycles. The Kier molecular flexibility index (Phi) is 5.13. The lowest BCUT2D eigenvalue weighted by atomic mass is 10.1. The Bertz CT molecular complexity index is 590. The van der Waals surface area contributed by atoms with E-state index in [9.17, 15) is 19.8 Å². The molecule has 2 aliphatic rings. The molecule has 7 heteroatoms. The number of carbonyl (C=O) groups is 2. The molecule has 7 nitrogen and oxygen atoms in total. The van der Waals surface area contributed by atoms with Crippen molar-refractivity contribution in [2.45, 2.75) is 43.7 Å². The summed E-state index contributed by atoms with van der Waals surface area (Å²) in [6, 6.07) is 8.97. The Morgan fingerprint density at radius 1 is 1.08 bits per heavy atom. The van der Waals surface area contributed by atoms with Gasteiger partial charge in [0.15, 0.2) is 0 Å². The van der Waals surface area contributed by atoms with Gasteiger partial charge < -0.3 is 25.6 Å². The molecule has 1 saturated carbocycles. The smallest absolute Gasteiger partial charge is 0.227 e. The van der Waals surface area contributed by atoms with Crippen molar-refractivity contribution in [3.8, 4) is 0 Å². The van der Waals surface area contributed by atoms with E-state index in [-0.39, 0.29) is 30.7 Å². The van der Waals surface area contributed by atoms with Crippen LogP contribution in [0.25, 0.3) is 0 Å². The zero-order valence-corrected chi connectivity index (χ0v) is 13.2. The predicted molar refractivity (Wildman–Crippen MR) is 86.1 cm³/mol. The lowest BCUT2D eigenvalue weighted by Gasteiger charge is -2.15. The van der Waals surface area contributed by atoms with E-state index in [4.69, 9.17) is 4.74 Å². The molecule has 0 radical (unpaired) electrons. The maximum Gasteiger partial charge on any atom is 0.227 e. The molecule has 0 bridgehead atoms. The van der Waals surface area contributed by atoms with Gasteiger partial charge in [-0.3, -0.25) is 9.59 Å². The van der Waals surface area contributed by atoms with Crippen molar-refractivity contribution < 1.29 is 24.5 Å². The Morgan fingerprint density at radius 3 is 2.42 bits per heavy atom. The molecule has 1 saturated heterocycles. The number of aliphatic hydroxyl groups excluding tert-OH is 2. The number of hydrogen-bond acceptors (Lipinski definition) is 5. The summed E-state index contributed by atoms with van der Waals surface area (Å²) in [5.41, 5.74) is 0.656. The quantitative estimate of drug-likeness (QED) is 0.587. The second-order valence-corrected chi connectivity index (χ2v) is 6.33. The minimum atomic E-state index is -1.16. The predicted octanol–water partition coefficient (Wildman–Crippen LogP) is 0.0306. The molecule has 1 aromatic rings. The summed E-state index contributed by atoms with van der Waals surface area (Å²) < 4.78 is 5.57. The third-order valence-electron chi connectivity index (χ3n) is 4.33. The Balaban J connectivity index is 1.48. The van der Waals surface area contributed by atoms with Crippen LogP contribution in [0.4, 0.5) is 5.69 Å². The Morgan fingerprint density at radius 2 is 1.75 bits per heavy atom.